The van der Waals surface area contributed by atoms with Crippen molar-refractivity contribution < 1.29 is 4.79 Å². The van der Waals surface area contributed by atoms with Gasteiger partial charge in [0.25, 0.3) is 5.91 Å². The minimum Gasteiger partial charge on any atom is -0.399 e. The zero-order valence-electron chi connectivity index (χ0n) is 10.0. The summed E-state index contributed by atoms with van der Waals surface area (Å²) in [5.74, 6) is -0.00569. The average Bonchev–Trinajstić information content (AvgIpc) is 2.23. The first kappa shape index (κ1) is 13.8. The lowest BCUT2D eigenvalue weighted by molar-refractivity contribution is 0.0820. The lowest BCUT2D eigenvalue weighted by Gasteiger charge is -2.42. The van der Waals surface area contributed by atoms with Gasteiger partial charge in [-0.1, -0.05) is 13.0 Å². The van der Waals surface area contributed by atoms with Gasteiger partial charge in [-0.05, 0) is 43.9 Å². The number of amides is 1. The highest BCUT2D eigenvalue weighted by Gasteiger charge is 2.36. The van der Waals surface area contributed by atoms with E-state index in [0.717, 1.165) is 19.3 Å². The molecule has 0 aromatic heterocycles. The lowest BCUT2D eigenvalue weighted by atomic mass is 9.74. The molecular weight excluding hydrogens is 236 g/mol. The van der Waals surface area contributed by atoms with Crippen LogP contribution in [0.5, 0.6) is 0 Å². The number of nitrogens with one attached hydrogen (secondary N) is 1. The number of nitrogen functional groups attached to an aromatic ring is 1. The first-order valence-corrected chi connectivity index (χ1v) is 5.83. The van der Waals surface area contributed by atoms with E-state index in [9.17, 15) is 4.79 Å². The van der Waals surface area contributed by atoms with Crippen LogP contribution in [0.25, 0.3) is 0 Å². The van der Waals surface area contributed by atoms with E-state index in [1.54, 1.807) is 18.2 Å². The second kappa shape index (κ2) is 5.41. The van der Waals surface area contributed by atoms with E-state index in [1.165, 1.54) is 6.42 Å². The van der Waals surface area contributed by atoms with Gasteiger partial charge < -0.3 is 11.1 Å². The molecule has 0 heterocycles. The molecule has 0 aliphatic heterocycles. The van der Waals surface area contributed by atoms with Gasteiger partial charge in [-0.2, -0.15) is 0 Å². The summed E-state index contributed by atoms with van der Waals surface area (Å²) >= 11 is 0. The molecule has 3 N–H and O–H groups in total. The molecule has 17 heavy (non-hydrogen) atoms. The number of hydrogen-bond donors (Lipinski definition) is 2. The molecular formula is C13H19ClN2O. The summed E-state index contributed by atoms with van der Waals surface area (Å²) in [6.45, 7) is 2.12. The van der Waals surface area contributed by atoms with Gasteiger partial charge in [0.1, 0.15) is 0 Å². The third-order valence-corrected chi connectivity index (χ3v) is 3.51. The average molecular weight is 255 g/mol. The summed E-state index contributed by atoms with van der Waals surface area (Å²) in [7, 11) is 0. The second-order valence-electron chi connectivity index (χ2n) is 4.57. The standard InChI is InChI=1S/C13H18N2O.ClH/c1-2-13(7-4-8-13)15-12(16)10-5-3-6-11(14)9-10;/h3,5-6,9H,2,4,7-8,14H2,1H3,(H,15,16);1H. The van der Waals surface area contributed by atoms with Crippen molar-refractivity contribution in [2.24, 2.45) is 0 Å². The van der Waals surface area contributed by atoms with Crippen LogP contribution < -0.4 is 11.1 Å². The largest absolute Gasteiger partial charge is 0.399 e. The highest BCUT2D eigenvalue weighted by molar-refractivity contribution is 5.95. The number of rotatable bonds is 3. The smallest absolute Gasteiger partial charge is 0.251 e. The summed E-state index contributed by atoms with van der Waals surface area (Å²) in [6.07, 6.45) is 4.40. The van der Waals surface area contributed by atoms with Gasteiger partial charge in [-0.25, -0.2) is 0 Å². The molecule has 1 fully saturated rings. The second-order valence-corrected chi connectivity index (χ2v) is 4.57. The molecule has 0 unspecified atom stereocenters. The van der Waals surface area contributed by atoms with E-state index < -0.39 is 0 Å². The maximum atomic E-state index is 12.0. The Hall–Kier alpha value is -1.22. The highest BCUT2D eigenvalue weighted by atomic mass is 35.5. The number of halogens is 1. The molecule has 0 atom stereocenters. The zero-order valence-corrected chi connectivity index (χ0v) is 10.8. The number of carbonyl (C=O) groups is 1. The quantitative estimate of drug-likeness (QED) is 0.815. The monoisotopic (exact) mass is 254 g/mol. The molecule has 0 radical (unpaired) electrons. The molecule has 4 heteroatoms. The van der Waals surface area contributed by atoms with Crippen LogP contribution in [0, 0.1) is 0 Å². The number of anilines is 1. The van der Waals surface area contributed by atoms with Gasteiger partial charge in [0, 0.05) is 16.8 Å². The molecule has 1 saturated carbocycles. The normalized spacial score (nSPS) is 16.5. The Bertz CT molecular complexity index is 397. The SMILES string of the molecule is CCC1(NC(=O)c2cccc(N)c2)CCC1.Cl. The van der Waals surface area contributed by atoms with Crippen molar-refractivity contribution in [3.05, 3.63) is 29.8 Å². The first-order chi connectivity index (χ1) is 7.65. The minimum atomic E-state index is -0.00569. The number of benzene rings is 1. The van der Waals surface area contributed by atoms with Crippen molar-refractivity contribution in [2.75, 3.05) is 5.73 Å². The molecule has 1 aromatic rings. The van der Waals surface area contributed by atoms with Gasteiger partial charge in [-0.15, -0.1) is 12.4 Å². The van der Waals surface area contributed by atoms with Crippen LogP contribution in [-0.4, -0.2) is 11.4 Å². The Balaban J connectivity index is 0.00000144. The van der Waals surface area contributed by atoms with Crippen LogP contribution in [0.15, 0.2) is 24.3 Å². The van der Waals surface area contributed by atoms with Gasteiger partial charge in [-0.3, -0.25) is 4.79 Å². The number of hydrogen-bond acceptors (Lipinski definition) is 2. The molecule has 2 rings (SSSR count). The predicted molar refractivity (Wildman–Crippen MR) is 72.4 cm³/mol. The Morgan fingerprint density at radius 3 is 2.65 bits per heavy atom. The van der Waals surface area contributed by atoms with Crippen molar-refractivity contribution >= 4 is 24.0 Å². The van der Waals surface area contributed by atoms with Gasteiger partial charge in [0.05, 0.1) is 0 Å². The fraction of sp³-hybridized carbons (Fsp3) is 0.462. The predicted octanol–water partition coefficient (Wildman–Crippen LogP) is 2.75. The fourth-order valence-corrected chi connectivity index (χ4v) is 2.16. The molecule has 1 aliphatic rings. The van der Waals surface area contributed by atoms with Crippen molar-refractivity contribution in [3.63, 3.8) is 0 Å². The molecule has 3 nitrogen and oxygen atoms in total. The van der Waals surface area contributed by atoms with Crippen LogP contribution in [0.4, 0.5) is 5.69 Å². The topological polar surface area (TPSA) is 55.1 Å². The van der Waals surface area contributed by atoms with Crippen LogP contribution in [0.2, 0.25) is 0 Å². The van der Waals surface area contributed by atoms with E-state index in [1.807, 2.05) is 6.07 Å². The van der Waals surface area contributed by atoms with Crippen LogP contribution in [0.3, 0.4) is 0 Å². The maximum Gasteiger partial charge on any atom is 0.251 e. The molecule has 1 aliphatic carbocycles. The number of nitrogens with two attached hydrogens (primary N) is 1. The summed E-state index contributed by atoms with van der Waals surface area (Å²) in [5, 5.41) is 3.13. The van der Waals surface area contributed by atoms with Crippen LogP contribution in [-0.2, 0) is 0 Å². The molecule has 94 valence electrons. The highest BCUT2D eigenvalue weighted by Crippen LogP contribution is 2.34. The van der Waals surface area contributed by atoms with Crippen molar-refractivity contribution in [1.29, 1.82) is 0 Å². The van der Waals surface area contributed by atoms with E-state index in [0.29, 0.717) is 11.3 Å². The molecule has 0 bridgehead atoms. The third kappa shape index (κ3) is 2.91. The van der Waals surface area contributed by atoms with E-state index >= 15 is 0 Å². The van der Waals surface area contributed by atoms with Crippen LogP contribution in [0.1, 0.15) is 43.0 Å². The van der Waals surface area contributed by atoms with Crippen molar-refractivity contribution in [2.45, 2.75) is 38.1 Å². The Kier molecular flexibility index (Phi) is 4.40. The van der Waals surface area contributed by atoms with Gasteiger partial charge >= 0.3 is 0 Å². The number of carbonyl (C=O) groups excluding carboxylic acids is 1. The van der Waals surface area contributed by atoms with E-state index in [4.69, 9.17) is 5.73 Å². The summed E-state index contributed by atoms with van der Waals surface area (Å²) in [4.78, 5) is 12.0. The Morgan fingerprint density at radius 2 is 2.18 bits per heavy atom. The maximum absolute atomic E-state index is 12.0. The summed E-state index contributed by atoms with van der Waals surface area (Å²) in [5.41, 5.74) is 6.99. The van der Waals surface area contributed by atoms with Crippen LogP contribution >= 0.6 is 12.4 Å². The van der Waals surface area contributed by atoms with Gasteiger partial charge in [0.2, 0.25) is 0 Å². The third-order valence-electron chi connectivity index (χ3n) is 3.51. The van der Waals surface area contributed by atoms with Crippen molar-refractivity contribution in [3.8, 4) is 0 Å². The summed E-state index contributed by atoms with van der Waals surface area (Å²) < 4.78 is 0. The first-order valence-electron chi connectivity index (χ1n) is 5.83. The Morgan fingerprint density at radius 1 is 1.47 bits per heavy atom. The molecule has 1 aromatic carbocycles. The zero-order chi connectivity index (χ0) is 11.6. The molecule has 1 amide bonds. The summed E-state index contributed by atoms with van der Waals surface area (Å²) in [6, 6.07) is 7.12. The fourth-order valence-electron chi connectivity index (χ4n) is 2.16. The molecule has 0 saturated heterocycles. The van der Waals surface area contributed by atoms with E-state index in [-0.39, 0.29) is 23.9 Å². The lowest BCUT2D eigenvalue weighted by Crippen LogP contribution is -2.52. The molecule has 0 spiro atoms. The van der Waals surface area contributed by atoms with Crippen molar-refractivity contribution in [1.82, 2.24) is 5.32 Å². The van der Waals surface area contributed by atoms with E-state index in [2.05, 4.69) is 12.2 Å². The van der Waals surface area contributed by atoms with Gasteiger partial charge in [0.15, 0.2) is 0 Å². The minimum absolute atomic E-state index is 0. The Labute approximate surface area is 108 Å².